The Morgan fingerprint density at radius 3 is 2.67 bits per heavy atom. The lowest BCUT2D eigenvalue weighted by atomic mass is 10.1. The van der Waals surface area contributed by atoms with Crippen LogP contribution in [-0.2, 0) is 4.79 Å². The highest BCUT2D eigenvalue weighted by Crippen LogP contribution is 2.39. The Morgan fingerprint density at radius 1 is 1.23 bits per heavy atom. The number of halogens is 2. The van der Waals surface area contributed by atoms with Gasteiger partial charge in [-0.15, -0.1) is 0 Å². The lowest BCUT2D eigenvalue weighted by Gasteiger charge is -2.16. The van der Waals surface area contributed by atoms with Gasteiger partial charge in [0, 0.05) is 4.47 Å². The molecule has 2 aromatic carbocycles. The Hall–Kier alpha value is -1.54. The summed E-state index contributed by atoms with van der Waals surface area (Å²) in [6.07, 6.45) is 2.80. The fourth-order valence-electron chi connectivity index (χ4n) is 2.75. The van der Waals surface area contributed by atoms with E-state index in [1.807, 2.05) is 38.1 Å². The Balaban J connectivity index is 1.89. The summed E-state index contributed by atoms with van der Waals surface area (Å²) in [5.41, 5.74) is 1.48. The Bertz CT molecular complexity index is 1010. The summed E-state index contributed by atoms with van der Waals surface area (Å²) < 4.78 is 12.9. The number of ether oxygens (including phenoxy) is 2. The van der Waals surface area contributed by atoms with Crippen LogP contribution in [0.1, 0.15) is 32.8 Å². The zero-order chi connectivity index (χ0) is 21.8. The van der Waals surface area contributed by atoms with Crippen molar-refractivity contribution >= 4 is 73.5 Å². The number of amides is 1. The van der Waals surface area contributed by atoms with E-state index in [0.717, 1.165) is 16.5 Å². The molecule has 1 atom stereocenters. The quantitative estimate of drug-likeness (QED) is 0.285. The van der Waals surface area contributed by atoms with E-state index in [1.54, 1.807) is 18.2 Å². The average molecular weight is 527 g/mol. The van der Waals surface area contributed by atoms with E-state index in [9.17, 15) is 4.79 Å². The van der Waals surface area contributed by atoms with E-state index in [2.05, 4.69) is 22.9 Å². The van der Waals surface area contributed by atoms with Gasteiger partial charge in [0.1, 0.15) is 0 Å². The molecule has 2 aromatic rings. The number of hydrogen-bond acceptors (Lipinski definition) is 5. The minimum Gasteiger partial charge on any atom is -0.490 e. The molecule has 0 saturated carbocycles. The van der Waals surface area contributed by atoms with Crippen LogP contribution < -0.4 is 14.4 Å². The maximum absolute atomic E-state index is 13.0. The fourth-order valence-corrected chi connectivity index (χ4v) is 4.47. The number of thiocarbonyl (C=S) groups is 1. The topological polar surface area (TPSA) is 38.8 Å². The molecule has 0 aliphatic carbocycles. The van der Waals surface area contributed by atoms with Crippen LogP contribution in [0.4, 0.5) is 5.69 Å². The molecular weight excluding hydrogens is 506 g/mol. The molecule has 0 bridgehead atoms. The monoisotopic (exact) mass is 525 g/mol. The molecule has 3 rings (SSSR count). The zero-order valence-corrected chi connectivity index (χ0v) is 20.8. The van der Waals surface area contributed by atoms with E-state index in [1.165, 1.54) is 16.7 Å². The van der Waals surface area contributed by atoms with Gasteiger partial charge in [-0.1, -0.05) is 48.6 Å². The Kier molecular flexibility index (Phi) is 7.85. The van der Waals surface area contributed by atoms with Crippen molar-refractivity contribution in [3.8, 4) is 11.5 Å². The summed E-state index contributed by atoms with van der Waals surface area (Å²) in [7, 11) is 0. The van der Waals surface area contributed by atoms with Crippen molar-refractivity contribution < 1.29 is 14.3 Å². The largest absolute Gasteiger partial charge is 0.490 e. The predicted octanol–water partition coefficient (Wildman–Crippen LogP) is 7.08. The van der Waals surface area contributed by atoms with Gasteiger partial charge in [0.15, 0.2) is 15.8 Å². The molecule has 1 amide bonds. The standard InChI is InChI=1S/C22H21BrClNO3S2/c1-4-13(3)28-18-9-6-14(10-19(18)27-5-2)11-20-21(26)25(22(29)30-20)15-7-8-16(23)17(24)12-15/h6-13H,4-5H2,1-3H3/b20-11+/t13-/m0/s1. The normalized spacial score (nSPS) is 16.3. The van der Waals surface area contributed by atoms with Crippen molar-refractivity contribution in [2.45, 2.75) is 33.3 Å². The van der Waals surface area contributed by atoms with Gasteiger partial charge in [-0.3, -0.25) is 9.69 Å². The van der Waals surface area contributed by atoms with Crippen LogP contribution in [0.3, 0.4) is 0 Å². The van der Waals surface area contributed by atoms with Gasteiger partial charge in [-0.25, -0.2) is 0 Å². The summed E-state index contributed by atoms with van der Waals surface area (Å²) in [6.45, 7) is 6.53. The molecule has 158 valence electrons. The van der Waals surface area contributed by atoms with Gasteiger partial charge in [-0.2, -0.15) is 0 Å². The van der Waals surface area contributed by atoms with Crippen LogP contribution in [0.15, 0.2) is 45.8 Å². The highest BCUT2D eigenvalue weighted by Gasteiger charge is 2.33. The fraction of sp³-hybridized carbons (Fsp3) is 0.273. The number of carbonyl (C=O) groups is 1. The second-order valence-corrected chi connectivity index (χ2v) is 9.53. The molecule has 1 saturated heterocycles. The van der Waals surface area contributed by atoms with Crippen LogP contribution in [0, 0.1) is 0 Å². The van der Waals surface area contributed by atoms with Crippen molar-refractivity contribution in [3.05, 3.63) is 56.4 Å². The van der Waals surface area contributed by atoms with Gasteiger partial charge >= 0.3 is 0 Å². The second-order valence-electron chi connectivity index (χ2n) is 6.59. The number of thioether (sulfide) groups is 1. The van der Waals surface area contributed by atoms with Crippen LogP contribution in [-0.4, -0.2) is 22.9 Å². The minimum atomic E-state index is -0.179. The lowest BCUT2D eigenvalue weighted by Crippen LogP contribution is -2.27. The smallest absolute Gasteiger partial charge is 0.270 e. The first-order chi connectivity index (χ1) is 14.3. The summed E-state index contributed by atoms with van der Waals surface area (Å²) in [5, 5.41) is 0.517. The molecule has 1 heterocycles. The first-order valence-corrected chi connectivity index (χ1v) is 11.9. The number of anilines is 1. The van der Waals surface area contributed by atoms with Crippen LogP contribution >= 0.6 is 51.5 Å². The summed E-state index contributed by atoms with van der Waals surface area (Å²) in [4.78, 5) is 15.1. The highest BCUT2D eigenvalue weighted by atomic mass is 79.9. The molecule has 1 aliphatic rings. The van der Waals surface area contributed by atoms with Gasteiger partial charge in [0.25, 0.3) is 5.91 Å². The second kappa shape index (κ2) is 10.2. The van der Waals surface area contributed by atoms with Crippen LogP contribution in [0.25, 0.3) is 6.08 Å². The molecule has 0 unspecified atom stereocenters. The number of rotatable bonds is 7. The lowest BCUT2D eigenvalue weighted by molar-refractivity contribution is -0.113. The van der Waals surface area contributed by atoms with Crippen molar-refractivity contribution in [2.24, 2.45) is 0 Å². The van der Waals surface area contributed by atoms with E-state index >= 15 is 0 Å². The summed E-state index contributed by atoms with van der Waals surface area (Å²) in [5.74, 6) is 1.17. The average Bonchev–Trinajstić information content (AvgIpc) is 2.99. The van der Waals surface area contributed by atoms with Crippen molar-refractivity contribution in [2.75, 3.05) is 11.5 Å². The van der Waals surface area contributed by atoms with Crippen LogP contribution in [0.5, 0.6) is 11.5 Å². The SMILES string of the molecule is CCOc1cc(/C=C2/SC(=S)N(c3ccc(Br)c(Cl)c3)C2=O)ccc1O[C@@H](C)CC. The van der Waals surface area contributed by atoms with Crippen LogP contribution in [0.2, 0.25) is 5.02 Å². The summed E-state index contributed by atoms with van der Waals surface area (Å²) in [6, 6.07) is 11.0. The molecular formula is C22H21BrClNO3S2. The van der Waals surface area contributed by atoms with Gasteiger partial charge in [0.05, 0.1) is 28.3 Å². The third-order valence-corrected chi connectivity index (χ3v) is 6.96. The van der Waals surface area contributed by atoms with E-state index in [4.69, 9.17) is 33.3 Å². The minimum absolute atomic E-state index is 0.0871. The van der Waals surface area contributed by atoms with Crippen molar-refractivity contribution in [1.82, 2.24) is 0 Å². The molecule has 1 fully saturated rings. The van der Waals surface area contributed by atoms with Gasteiger partial charge < -0.3 is 9.47 Å². The maximum atomic E-state index is 13.0. The molecule has 0 spiro atoms. The maximum Gasteiger partial charge on any atom is 0.270 e. The Morgan fingerprint density at radius 2 is 2.00 bits per heavy atom. The molecule has 30 heavy (non-hydrogen) atoms. The Labute approximate surface area is 199 Å². The first-order valence-electron chi connectivity index (χ1n) is 9.50. The number of carbonyl (C=O) groups excluding carboxylic acids is 1. The van der Waals surface area contributed by atoms with Crippen molar-refractivity contribution in [3.63, 3.8) is 0 Å². The predicted molar refractivity (Wildman–Crippen MR) is 133 cm³/mol. The summed E-state index contributed by atoms with van der Waals surface area (Å²) >= 11 is 16.3. The molecule has 8 heteroatoms. The first kappa shape index (κ1) is 23.1. The number of hydrogen-bond donors (Lipinski definition) is 0. The van der Waals surface area contributed by atoms with E-state index in [-0.39, 0.29) is 12.0 Å². The molecule has 4 nitrogen and oxygen atoms in total. The number of nitrogens with zero attached hydrogens (tertiary/aromatic N) is 1. The van der Waals surface area contributed by atoms with E-state index < -0.39 is 0 Å². The van der Waals surface area contributed by atoms with E-state index in [0.29, 0.717) is 38.0 Å². The molecule has 0 N–H and O–H groups in total. The van der Waals surface area contributed by atoms with Gasteiger partial charge in [0.2, 0.25) is 0 Å². The molecule has 1 aliphatic heterocycles. The third kappa shape index (κ3) is 5.19. The molecule has 0 radical (unpaired) electrons. The number of benzene rings is 2. The zero-order valence-electron chi connectivity index (χ0n) is 16.8. The highest BCUT2D eigenvalue weighted by molar-refractivity contribution is 9.10. The van der Waals surface area contributed by atoms with Gasteiger partial charge in [-0.05, 0) is 78.2 Å². The third-order valence-electron chi connectivity index (χ3n) is 4.42. The van der Waals surface area contributed by atoms with Crippen molar-refractivity contribution in [1.29, 1.82) is 0 Å². The molecule has 0 aromatic heterocycles.